The Labute approximate surface area is 173 Å². The summed E-state index contributed by atoms with van der Waals surface area (Å²) in [6, 6.07) is 11.4. The largest absolute Gasteiger partial charge is 0.355 e. The SMILES string of the molecule is CN=C(NCCn1c(C)nc2ccccc21)NCc1cc(F)ccc1F.I. The third kappa shape index (κ3) is 5.15. The molecular weight excluding hydrogens is 463 g/mol. The highest BCUT2D eigenvalue weighted by atomic mass is 127. The molecule has 1 aromatic heterocycles. The number of rotatable bonds is 5. The first-order valence-electron chi connectivity index (χ1n) is 8.39. The first-order valence-corrected chi connectivity index (χ1v) is 8.39. The van der Waals surface area contributed by atoms with Gasteiger partial charge in [-0.3, -0.25) is 4.99 Å². The number of benzene rings is 2. The fourth-order valence-electron chi connectivity index (χ4n) is 2.84. The maximum absolute atomic E-state index is 13.7. The number of nitrogens with one attached hydrogen (secondary N) is 2. The molecule has 0 bridgehead atoms. The summed E-state index contributed by atoms with van der Waals surface area (Å²) in [7, 11) is 1.63. The molecule has 3 aromatic rings. The molecule has 2 N–H and O–H groups in total. The molecule has 0 aliphatic carbocycles. The highest BCUT2D eigenvalue weighted by Crippen LogP contribution is 2.14. The Morgan fingerprint density at radius 3 is 2.70 bits per heavy atom. The van der Waals surface area contributed by atoms with Crippen LogP contribution < -0.4 is 10.6 Å². The van der Waals surface area contributed by atoms with E-state index in [-0.39, 0.29) is 36.1 Å². The van der Waals surface area contributed by atoms with Gasteiger partial charge in [-0.15, -0.1) is 24.0 Å². The van der Waals surface area contributed by atoms with Gasteiger partial charge in [0.1, 0.15) is 17.5 Å². The second kappa shape index (κ2) is 9.63. The fourth-order valence-corrected chi connectivity index (χ4v) is 2.84. The number of hydrogen-bond donors (Lipinski definition) is 2. The maximum atomic E-state index is 13.7. The summed E-state index contributed by atoms with van der Waals surface area (Å²) in [6.45, 7) is 3.45. The van der Waals surface area contributed by atoms with Crippen LogP contribution in [0, 0.1) is 18.6 Å². The molecule has 144 valence electrons. The van der Waals surface area contributed by atoms with Crippen LogP contribution in [0.15, 0.2) is 47.5 Å². The number of halogens is 3. The summed E-state index contributed by atoms with van der Waals surface area (Å²) in [5.74, 6) is 0.553. The zero-order valence-corrected chi connectivity index (χ0v) is 17.5. The van der Waals surface area contributed by atoms with E-state index in [1.165, 1.54) is 6.07 Å². The lowest BCUT2D eigenvalue weighted by atomic mass is 10.2. The minimum Gasteiger partial charge on any atom is -0.355 e. The van der Waals surface area contributed by atoms with Crippen LogP contribution in [0.5, 0.6) is 0 Å². The van der Waals surface area contributed by atoms with Gasteiger partial charge in [0.25, 0.3) is 0 Å². The average Bonchev–Trinajstić information content (AvgIpc) is 2.96. The summed E-state index contributed by atoms with van der Waals surface area (Å²) < 4.78 is 29.0. The Kier molecular flexibility index (Phi) is 7.52. The van der Waals surface area contributed by atoms with Crippen molar-refractivity contribution in [3.8, 4) is 0 Å². The Hall–Kier alpha value is -2.23. The van der Waals surface area contributed by atoms with E-state index in [0.29, 0.717) is 19.0 Å². The standard InChI is InChI=1S/C19H21F2N5.HI/c1-13-25-17-5-3-4-6-18(17)26(13)10-9-23-19(22-2)24-12-14-11-15(20)7-8-16(14)21;/h3-8,11H,9-10,12H2,1-2H3,(H2,22,23,24);1H. The van der Waals surface area contributed by atoms with Crippen molar-refractivity contribution in [1.29, 1.82) is 0 Å². The number of para-hydroxylation sites is 2. The van der Waals surface area contributed by atoms with Crippen LogP contribution in [-0.4, -0.2) is 29.1 Å². The van der Waals surface area contributed by atoms with E-state index in [0.717, 1.165) is 29.0 Å². The van der Waals surface area contributed by atoms with Crippen LogP contribution >= 0.6 is 24.0 Å². The fraction of sp³-hybridized carbons (Fsp3) is 0.263. The average molecular weight is 485 g/mol. The number of guanidine groups is 1. The smallest absolute Gasteiger partial charge is 0.191 e. The molecule has 0 saturated carbocycles. The molecule has 0 spiro atoms. The summed E-state index contributed by atoms with van der Waals surface area (Å²) in [5, 5.41) is 6.17. The van der Waals surface area contributed by atoms with Gasteiger partial charge in [-0.1, -0.05) is 12.1 Å². The van der Waals surface area contributed by atoms with E-state index in [9.17, 15) is 8.78 Å². The molecule has 0 saturated heterocycles. The van der Waals surface area contributed by atoms with Gasteiger partial charge in [0.05, 0.1) is 11.0 Å². The van der Waals surface area contributed by atoms with Crippen LogP contribution in [0.4, 0.5) is 8.78 Å². The Bertz CT molecular complexity index is 939. The van der Waals surface area contributed by atoms with Crippen molar-refractivity contribution < 1.29 is 8.78 Å². The zero-order chi connectivity index (χ0) is 18.5. The van der Waals surface area contributed by atoms with Gasteiger partial charge in [0.15, 0.2) is 5.96 Å². The van der Waals surface area contributed by atoms with Gasteiger partial charge >= 0.3 is 0 Å². The number of hydrogen-bond acceptors (Lipinski definition) is 2. The lowest BCUT2D eigenvalue weighted by molar-refractivity contribution is 0.580. The number of imidazole rings is 1. The minimum absolute atomic E-state index is 0. The second-order valence-corrected chi connectivity index (χ2v) is 5.89. The number of aromatic nitrogens is 2. The molecule has 0 atom stereocenters. The van der Waals surface area contributed by atoms with E-state index >= 15 is 0 Å². The molecular formula is C19H22F2IN5. The molecule has 2 aromatic carbocycles. The van der Waals surface area contributed by atoms with Crippen molar-refractivity contribution >= 4 is 41.0 Å². The molecule has 0 unspecified atom stereocenters. The van der Waals surface area contributed by atoms with E-state index in [1.807, 2.05) is 31.2 Å². The molecule has 0 radical (unpaired) electrons. The first-order chi connectivity index (χ1) is 12.6. The second-order valence-electron chi connectivity index (χ2n) is 5.89. The van der Waals surface area contributed by atoms with Gasteiger partial charge < -0.3 is 15.2 Å². The molecule has 0 aliphatic rings. The molecule has 0 fully saturated rings. The molecule has 3 rings (SSSR count). The van der Waals surface area contributed by atoms with Crippen LogP contribution in [-0.2, 0) is 13.1 Å². The van der Waals surface area contributed by atoms with Gasteiger partial charge in [0.2, 0.25) is 0 Å². The van der Waals surface area contributed by atoms with Crippen LogP contribution in [0.25, 0.3) is 11.0 Å². The third-order valence-corrected chi connectivity index (χ3v) is 4.15. The van der Waals surface area contributed by atoms with Gasteiger partial charge in [-0.05, 0) is 37.3 Å². The highest BCUT2D eigenvalue weighted by molar-refractivity contribution is 14.0. The minimum atomic E-state index is -0.464. The van der Waals surface area contributed by atoms with Crippen LogP contribution in [0.2, 0.25) is 0 Å². The lowest BCUT2D eigenvalue weighted by Crippen LogP contribution is -2.38. The number of nitrogens with zero attached hydrogens (tertiary/aromatic N) is 3. The topological polar surface area (TPSA) is 54.2 Å². The van der Waals surface area contributed by atoms with Gasteiger partial charge in [0, 0.05) is 32.2 Å². The molecule has 27 heavy (non-hydrogen) atoms. The predicted octanol–water partition coefficient (Wildman–Crippen LogP) is 3.61. The molecule has 0 aliphatic heterocycles. The monoisotopic (exact) mass is 485 g/mol. The van der Waals surface area contributed by atoms with Gasteiger partial charge in [-0.2, -0.15) is 0 Å². The normalized spacial score (nSPS) is 11.3. The van der Waals surface area contributed by atoms with Crippen molar-refractivity contribution in [2.45, 2.75) is 20.0 Å². The summed E-state index contributed by atoms with van der Waals surface area (Å²) in [5.41, 5.74) is 2.30. The molecule has 0 amide bonds. The molecule has 5 nitrogen and oxygen atoms in total. The number of aliphatic imine (C=N–C) groups is 1. The quantitative estimate of drug-likeness (QED) is 0.330. The Balaban J connectivity index is 0.00000261. The maximum Gasteiger partial charge on any atom is 0.191 e. The summed E-state index contributed by atoms with van der Waals surface area (Å²) in [6.07, 6.45) is 0. The van der Waals surface area contributed by atoms with Crippen molar-refractivity contribution in [1.82, 2.24) is 20.2 Å². The number of fused-ring (bicyclic) bond motifs is 1. The molecule has 8 heteroatoms. The number of aryl methyl sites for hydroxylation is 1. The summed E-state index contributed by atoms with van der Waals surface area (Å²) in [4.78, 5) is 8.65. The van der Waals surface area contributed by atoms with Crippen LogP contribution in [0.3, 0.4) is 0 Å². The van der Waals surface area contributed by atoms with Crippen molar-refractivity contribution in [3.05, 3.63) is 65.5 Å². The highest BCUT2D eigenvalue weighted by Gasteiger charge is 2.08. The van der Waals surface area contributed by atoms with E-state index in [1.54, 1.807) is 7.05 Å². The van der Waals surface area contributed by atoms with Gasteiger partial charge in [-0.25, -0.2) is 13.8 Å². The Morgan fingerprint density at radius 1 is 1.15 bits per heavy atom. The third-order valence-electron chi connectivity index (χ3n) is 4.15. The first kappa shape index (κ1) is 21.1. The molecule has 1 heterocycles. The summed E-state index contributed by atoms with van der Waals surface area (Å²) >= 11 is 0. The lowest BCUT2D eigenvalue weighted by Gasteiger charge is -2.13. The van der Waals surface area contributed by atoms with E-state index < -0.39 is 11.6 Å². The Morgan fingerprint density at radius 2 is 1.93 bits per heavy atom. The van der Waals surface area contributed by atoms with E-state index in [2.05, 4.69) is 25.2 Å². The zero-order valence-electron chi connectivity index (χ0n) is 15.2. The predicted molar refractivity (Wildman–Crippen MR) is 114 cm³/mol. The van der Waals surface area contributed by atoms with Crippen molar-refractivity contribution in [2.75, 3.05) is 13.6 Å². The van der Waals surface area contributed by atoms with Crippen molar-refractivity contribution in [3.63, 3.8) is 0 Å². The van der Waals surface area contributed by atoms with E-state index in [4.69, 9.17) is 0 Å². The van der Waals surface area contributed by atoms with Crippen molar-refractivity contribution in [2.24, 2.45) is 4.99 Å². The van der Waals surface area contributed by atoms with Crippen LogP contribution in [0.1, 0.15) is 11.4 Å².